The number of nitrogens with zero attached hydrogens (tertiary/aromatic N) is 3. The summed E-state index contributed by atoms with van der Waals surface area (Å²) in [5.41, 5.74) is 1.09. The van der Waals surface area contributed by atoms with E-state index in [0.717, 1.165) is 37.7 Å². The summed E-state index contributed by atoms with van der Waals surface area (Å²) in [7, 11) is 0. The van der Waals surface area contributed by atoms with E-state index in [9.17, 15) is 13.6 Å². The van der Waals surface area contributed by atoms with Crippen molar-refractivity contribution in [1.29, 1.82) is 0 Å². The number of amides is 1. The van der Waals surface area contributed by atoms with Crippen LogP contribution in [0.5, 0.6) is 0 Å². The highest BCUT2D eigenvalue weighted by atomic mass is 19.1. The van der Waals surface area contributed by atoms with Crippen molar-refractivity contribution in [3.8, 4) is 5.69 Å². The van der Waals surface area contributed by atoms with Crippen LogP contribution in [0.3, 0.4) is 0 Å². The van der Waals surface area contributed by atoms with Crippen molar-refractivity contribution in [3.63, 3.8) is 0 Å². The number of likely N-dealkylation sites (tertiary alicyclic amines) is 1. The van der Waals surface area contributed by atoms with E-state index in [-0.39, 0.29) is 17.6 Å². The predicted octanol–water partition coefficient (Wildman–Crippen LogP) is 2.89. The van der Waals surface area contributed by atoms with Gasteiger partial charge in [-0.1, -0.05) is 0 Å². The molecule has 1 aliphatic rings. The summed E-state index contributed by atoms with van der Waals surface area (Å²) in [5.74, 6) is -0.734. The number of aromatic nitrogens is 2. The van der Waals surface area contributed by atoms with Crippen molar-refractivity contribution < 1.29 is 13.6 Å². The molecule has 0 saturated carbocycles. The van der Waals surface area contributed by atoms with Gasteiger partial charge in [-0.05, 0) is 57.0 Å². The average Bonchev–Trinajstić information content (AvgIpc) is 3.03. The molecule has 5 nitrogen and oxygen atoms in total. The minimum absolute atomic E-state index is 0.0125. The van der Waals surface area contributed by atoms with Crippen LogP contribution in [-0.2, 0) is 11.3 Å². The lowest BCUT2D eigenvalue weighted by atomic mass is 9.90. The van der Waals surface area contributed by atoms with Crippen LogP contribution in [0.4, 0.5) is 8.78 Å². The van der Waals surface area contributed by atoms with Crippen molar-refractivity contribution in [2.75, 3.05) is 13.1 Å². The summed E-state index contributed by atoms with van der Waals surface area (Å²) in [5, 5.41) is 7.39. The zero-order valence-electron chi connectivity index (χ0n) is 15.1. The number of rotatable bonds is 5. The van der Waals surface area contributed by atoms with Gasteiger partial charge in [0.15, 0.2) is 5.82 Å². The lowest BCUT2D eigenvalue weighted by Crippen LogP contribution is -2.43. The Morgan fingerprint density at radius 3 is 2.69 bits per heavy atom. The van der Waals surface area contributed by atoms with Crippen molar-refractivity contribution in [2.24, 2.45) is 5.92 Å². The van der Waals surface area contributed by atoms with Crippen LogP contribution in [0, 0.1) is 17.6 Å². The first-order valence-corrected chi connectivity index (χ1v) is 8.92. The molecule has 7 heteroatoms. The largest absolute Gasteiger partial charge is 0.354 e. The normalized spacial score (nSPS) is 17.2. The van der Waals surface area contributed by atoms with Crippen molar-refractivity contribution >= 4 is 5.91 Å². The summed E-state index contributed by atoms with van der Waals surface area (Å²) in [6.07, 6.45) is 3.74. The van der Waals surface area contributed by atoms with E-state index in [1.807, 2.05) is 6.07 Å². The number of halogens is 2. The quantitative estimate of drug-likeness (QED) is 0.890. The molecule has 26 heavy (non-hydrogen) atoms. The Kier molecular flexibility index (Phi) is 5.66. The van der Waals surface area contributed by atoms with Crippen LogP contribution >= 0.6 is 0 Å². The average molecular weight is 362 g/mol. The number of hydrogen-bond donors (Lipinski definition) is 1. The van der Waals surface area contributed by atoms with Gasteiger partial charge in [-0.2, -0.15) is 5.10 Å². The second kappa shape index (κ2) is 7.95. The molecule has 0 aliphatic carbocycles. The summed E-state index contributed by atoms with van der Waals surface area (Å²) in [6, 6.07) is 5.51. The molecule has 0 spiro atoms. The summed E-state index contributed by atoms with van der Waals surface area (Å²) >= 11 is 0. The van der Waals surface area contributed by atoms with Crippen LogP contribution in [0.2, 0.25) is 0 Å². The van der Waals surface area contributed by atoms with E-state index in [1.54, 1.807) is 13.1 Å². The van der Waals surface area contributed by atoms with Gasteiger partial charge < -0.3 is 5.32 Å². The third-order valence-electron chi connectivity index (χ3n) is 4.96. The number of piperidine rings is 1. The second-order valence-corrected chi connectivity index (χ2v) is 6.95. The standard InChI is InChI=1S/C19H24F2N4O/c1-13(22-14(2)26)15-5-8-24(9-6-15)12-17-7-10-25(23-17)19-4-3-16(20)11-18(19)21/h3-4,7,10-11,13,15H,5-6,8-9,12H2,1-2H3,(H,22,26)/t13-/m0/s1. The Labute approximate surface area is 152 Å². The Morgan fingerprint density at radius 2 is 2.04 bits per heavy atom. The first-order valence-electron chi connectivity index (χ1n) is 8.92. The lowest BCUT2D eigenvalue weighted by Gasteiger charge is -2.34. The van der Waals surface area contributed by atoms with Gasteiger partial charge in [0, 0.05) is 31.8 Å². The Bertz CT molecular complexity index is 769. The van der Waals surface area contributed by atoms with Gasteiger partial charge in [-0.15, -0.1) is 0 Å². The van der Waals surface area contributed by atoms with Crippen LogP contribution in [0.25, 0.3) is 5.69 Å². The van der Waals surface area contributed by atoms with E-state index >= 15 is 0 Å². The molecule has 0 bridgehead atoms. The molecular weight excluding hydrogens is 338 g/mol. The number of benzene rings is 1. The third kappa shape index (κ3) is 4.46. The molecule has 1 N–H and O–H groups in total. The Balaban J connectivity index is 1.56. The zero-order chi connectivity index (χ0) is 18.7. The molecule has 2 heterocycles. The highest BCUT2D eigenvalue weighted by molar-refractivity contribution is 5.73. The summed E-state index contributed by atoms with van der Waals surface area (Å²) in [6.45, 7) is 6.17. The van der Waals surface area contributed by atoms with Crippen molar-refractivity contribution in [1.82, 2.24) is 20.0 Å². The molecule has 1 fully saturated rings. The molecule has 1 atom stereocenters. The topological polar surface area (TPSA) is 50.2 Å². The van der Waals surface area contributed by atoms with E-state index in [1.165, 1.54) is 16.8 Å². The van der Waals surface area contributed by atoms with Gasteiger partial charge in [0.1, 0.15) is 11.5 Å². The highest BCUT2D eigenvalue weighted by Crippen LogP contribution is 2.22. The maximum absolute atomic E-state index is 13.9. The number of carbonyl (C=O) groups excluding carboxylic acids is 1. The third-order valence-corrected chi connectivity index (χ3v) is 4.96. The smallest absolute Gasteiger partial charge is 0.217 e. The SMILES string of the molecule is CC(=O)N[C@@H](C)C1CCN(Cc2ccn(-c3ccc(F)cc3F)n2)CC1. The van der Waals surface area contributed by atoms with Crippen molar-refractivity contribution in [3.05, 3.63) is 47.8 Å². The van der Waals surface area contributed by atoms with Crippen LogP contribution < -0.4 is 5.32 Å². The minimum atomic E-state index is -0.632. The van der Waals surface area contributed by atoms with Crippen LogP contribution in [-0.4, -0.2) is 39.7 Å². The fourth-order valence-corrected chi connectivity index (χ4v) is 3.53. The van der Waals surface area contributed by atoms with Gasteiger partial charge in [0.25, 0.3) is 0 Å². The first kappa shape index (κ1) is 18.5. The molecular formula is C19H24F2N4O. The Hall–Kier alpha value is -2.28. The van der Waals surface area contributed by atoms with Gasteiger partial charge in [-0.25, -0.2) is 13.5 Å². The maximum atomic E-state index is 13.9. The van der Waals surface area contributed by atoms with E-state index in [4.69, 9.17) is 0 Å². The number of nitrogens with one attached hydrogen (secondary N) is 1. The highest BCUT2D eigenvalue weighted by Gasteiger charge is 2.24. The van der Waals surface area contributed by atoms with Crippen LogP contribution in [0.1, 0.15) is 32.4 Å². The fourth-order valence-electron chi connectivity index (χ4n) is 3.53. The molecule has 1 aliphatic heterocycles. The second-order valence-electron chi connectivity index (χ2n) is 6.95. The van der Waals surface area contributed by atoms with Crippen LogP contribution in [0.15, 0.2) is 30.5 Å². The summed E-state index contributed by atoms with van der Waals surface area (Å²) < 4.78 is 28.3. The number of carbonyl (C=O) groups is 1. The van der Waals surface area contributed by atoms with Gasteiger partial charge >= 0.3 is 0 Å². The van der Waals surface area contributed by atoms with Gasteiger partial charge in [-0.3, -0.25) is 9.69 Å². The number of hydrogen-bond acceptors (Lipinski definition) is 3. The van der Waals surface area contributed by atoms with Crippen molar-refractivity contribution in [2.45, 2.75) is 39.3 Å². The molecule has 0 radical (unpaired) electrons. The molecule has 140 valence electrons. The van der Waals surface area contributed by atoms with E-state index < -0.39 is 11.6 Å². The minimum Gasteiger partial charge on any atom is -0.354 e. The first-order chi connectivity index (χ1) is 12.4. The summed E-state index contributed by atoms with van der Waals surface area (Å²) in [4.78, 5) is 13.5. The molecule has 3 rings (SSSR count). The predicted molar refractivity (Wildman–Crippen MR) is 94.8 cm³/mol. The van der Waals surface area contributed by atoms with Gasteiger partial charge in [0.2, 0.25) is 5.91 Å². The maximum Gasteiger partial charge on any atom is 0.217 e. The Morgan fingerprint density at radius 1 is 1.31 bits per heavy atom. The lowest BCUT2D eigenvalue weighted by molar-refractivity contribution is -0.120. The monoisotopic (exact) mass is 362 g/mol. The molecule has 1 aromatic heterocycles. The zero-order valence-corrected chi connectivity index (χ0v) is 15.1. The fraction of sp³-hybridized carbons (Fsp3) is 0.474. The molecule has 1 aromatic carbocycles. The molecule has 2 aromatic rings. The molecule has 0 unspecified atom stereocenters. The van der Waals surface area contributed by atoms with E-state index in [0.29, 0.717) is 12.5 Å². The molecule has 1 amide bonds. The molecule has 1 saturated heterocycles. The van der Waals surface area contributed by atoms with E-state index in [2.05, 4.69) is 22.2 Å². The van der Waals surface area contributed by atoms with Gasteiger partial charge in [0.05, 0.1) is 5.69 Å².